The highest BCUT2D eigenvalue weighted by molar-refractivity contribution is 6.11. The first-order valence-electron chi connectivity index (χ1n) is 7.09. The van der Waals surface area contributed by atoms with Crippen LogP contribution in [-0.2, 0) is 6.42 Å². The van der Waals surface area contributed by atoms with Crippen LogP contribution < -0.4 is 10.4 Å². The van der Waals surface area contributed by atoms with Crippen LogP contribution in [0.4, 0.5) is 0 Å². The van der Waals surface area contributed by atoms with Gasteiger partial charge in [-0.2, -0.15) is 0 Å². The Morgan fingerprint density at radius 1 is 0.950 bits per heavy atom. The Bertz CT molecular complexity index is 969. The molecule has 0 atom stereocenters. The fraction of sp³-hybridized carbons (Fsp3) is 0.100. The predicted molar refractivity (Wildman–Crippen MR) is 89.1 cm³/mol. The van der Waals surface area contributed by atoms with Gasteiger partial charge in [0.2, 0.25) is 0 Å². The van der Waals surface area contributed by atoms with Crippen molar-refractivity contribution in [2.75, 3.05) is 0 Å². The molecule has 0 radical (unpaired) electrons. The van der Waals surface area contributed by atoms with Crippen molar-refractivity contribution in [1.82, 2.24) is 0 Å². The molecule has 0 heterocycles. The molecular weight excluding hydrogens is 240 g/mol. The summed E-state index contributed by atoms with van der Waals surface area (Å²) in [5.41, 5.74) is 2.60. The van der Waals surface area contributed by atoms with Crippen LogP contribution in [0.2, 0.25) is 0 Å². The zero-order valence-electron chi connectivity index (χ0n) is 11.4. The summed E-state index contributed by atoms with van der Waals surface area (Å²) < 4.78 is 0. The molecule has 0 saturated heterocycles. The Labute approximate surface area is 118 Å². The van der Waals surface area contributed by atoms with Crippen LogP contribution in [0.25, 0.3) is 40.3 Å². The first-order valence-corrected chi connectivity index (χ1v) is 7.09. The number of hydrogen-bond acceptors (Lipinski definition) is 0. The predicted octanol–water partition coefficient (Wildman–Crippen LogP) is 3.77. The maximum Gasteiger partial charge on any atom is -0.00358 e. The summed E-state index contributed by atoms with van der Waals surface area (Å²) in [7, 11) is 0. The lowest BCUT2D eigenvalue weighted by molar-refractivity contribution is 1.03. The Hall–Kier alpha value is -2.34. The molecule has 96 valence electrons. The second kappa shape index (κ2) is 4.08. The van der Waals surface area contributed by atoms with Crippen LogP contribution in [0.3, 0.4) is 0 Å². The molecule has 0 bridgehead atoms. The highest BCUT2D eigenvalue weighted by Gasteiger charge is 2.13. The van der Waals surface area contributed by atoms with Crippen LogP contribution in [0.5, 0.6) is 0 Å². The zero-order valence-corrected chi connectivity index (χ0v) is 11.4. The van der Waals surface area contributed by atoms with Gasteiger partial charge in [-0.1, -0.05) is 61.7 Å². The molecule has 3 aromatic rings. The molecule has 0 spiro atoms. The number of hydrogen-bond donors (Lipinski definition) is 0. The molecule has 0 N–H and O–H groups in total. The van der Waals surface area contributed by atoms with Gasteiger partial charge in [-0.25, -0.2) is 0 Å². The van der Waals surface area contributed by atoms with E-state index in [1.54, 1.807) is 0 Å². The smallest absolute Gasteiger partial charge is 0.00358 e. The van der Waals surface area contributed by atoms with Crippen molar-refractivity contribution in [2.45, 2.75) is 12.8 Å². The van der Waals surface area contributed by atoms with Gasteiger partial charge in [0.05, 0.1) is 0 Å². The Morgan fingerprint density at radius 2 is 1.70 bits per heavy atom. The lowest BCUT2D eigenvalue weighted by Gasteiger charge is -2.16. The van der Waals surface area contributed by atoms with Gasteiger partial charge in [-0.15, -0.1) is 0 Å². The minimum absolute atomic E-state index is 1.09. The Kier molecular flexibility index (Phi) is 2.34. The molecule has 20 heavy (non-hydrogen) atoms. The zero-order chi connectivity index (χ0) is 13.7. The van der Waals surface area contributed by atoms with Crippen LogP contribution in [-0.4, -0.2) is 0 Å². The summed E-state index contributed by atoms with van der Waals surface area (Å²) in [5.74, 6) is 0. The first-order chi connectivity index (χ1) is 9.81. The van der Waals surface area contributed by atoms with Gasteiger partial charge in [0.1, 0.15) is 0 Å². The van der Waals surface area contributed by atoms with Crippen LogP contribution in [0.1, 0.15) is 17.5 Å². The molecular formula is C20H16. The van der Waals surface area contributed by atoms with E-state index in [0.29, 0.717) is 0 Å². The minimum atomic E-state index is 1.09. The van der Waals surface area contributed by atoms with Gasteiger partial charge >= 0.3 is 0 Å². The summed E-state index contributed by atoms with van der Waals surface area (Å²) in [6.45, 7) is 8.35. The SMILES string of the molecule is C=Cc1cccc2c1c(=C)c1c3c(cccc32)=CCC1. The Morgan fingerprint density at radius 3 is 2.50 bits per heavy atom. The van der Waals surface area contributed by atoms with E-state index >= 15 is 0 Å². The van der Waals surface area contributed by atoms with Gasteiger partial charge in [0.15, 0.2) is 0 Å². The molecule has 0 nitrogen and oxygen atoms in total. The molecule has 0 aliphatic heterocycles. The average Bonchev–Trinajstić information content (AvgIpc) is 2.51. The second-order valence-corrected chi connectivity index (χ2v) is 5.44. The van der Waals surface area contributed by atoms with Gasteiger partial charge in [-0.3, -0.25) is 0 Å². The van der Waals surface area contributed by atoms with E-state index in [1.807, 2.05) is 6.08 Å². The molecule has 3 aromatic carbocycles. The van der Waals surface area contributed by atoms with Crippen molar-refractivity contribution in [3.05, 3.63) is 64.5 Å². The molecule has 0 aromatic heterocycles. The highest BCUT2D eigenvalue weighted by Crippen LogP contribution is 2.27. The fourth-order valence-corrected chi connectivity index (χ4v) is 3.55. The molecule has 1 aliphatic rings. The highest BCUT2D eigenvalue weighted by atomic mass is 14.2. The summed E-state index contributed by atoms with van der Waals surface area (Å²) in [5, 5.41) is 7.85. The van der Waals surface area contributed by atoms with Crippen LogP contribution in [0.15, 0.2) is 43.0 Å². The van der Waals surface area contributed by atoms with E-state index in [4.69, 9.17) is 0 Å². The van der Waals surface area contributed by atoms with E-state index in [-0.39, 0.29) is 0 Å². The van der Waals surface area contributed by atoms with Crippen LogP contribution in [0, 0.1) is 0 Å². The molecule has 1 aliphatic carbocycles. The summed E-state index contributed by atoms with van der Waals surface area (Å²) >= 11 is 0. The van der Waals surface area contributed by atoms with Crippen molar-refractivity contribution in [2.24, 2.45) is 0 Å². The molecule has 0 heteroatoms. The quantitative estimate of drug-likeness (QED) is 0.581. The van der Waals surface area contributed by atoms with Gasteiger partial charge in [0, 0.05) is 0 Å². The van der Waals surface area contributed by atoms with Crippen LogP contribution >= 0.6 is 0 Å². The molecule has 0 saturated carbocycles. The molecule has 0 fully saturated rings. The van der Waals surface area contributed by atoms with Gasteiger partial charge < -0.3 is 0 Å². The fourth-order valence-electron chi connectivity index (χ4n) is 3.55. The number of aryl methyl sites for hydroxylation is 1. The minimum Gasteiger partial charge on any atom is -0.0984 e. The van der Waals surface area contributed by atoms with Crippen molar-refractivity contribution in [3.8, 4) is 0 Å². The molecule has 0 unspecified atom stereocenters. The first kappa shape index (κ1) is 11.5. The average molecular weight is 256 g/mol. The summed E-state index contributed by atoms with van der Waals surface area (Å²) in [6, 6.07) is 13.0. The third-order valence-corrected chi connectivity index (χ3v) is 4.43. The maximum atomic E-state index is 4.39. The molecule has 0 amide bonds. The molecule has 4 rings (SSSR count). The van der Waals surface area contributed by atoms with E-state index in [1.165, 1.54) is 43.1 Å². The Balaban J connectivity index is 2.44. The monoisotopic (exact) mass is 256 g/mol. The van der Waals surface area contributed by atoms with Gasteiger partial charge in [0.25, 0.3) is 0 Å². The largest absolute Gasteiger partial charge is 0.0984 e. The lowest BCUT2D eigenvalue weighted by atomic mass is 9.87. The van der Waals surface area contributed by atoms with Crippen molar-refractivity contribution < 1.29 is 0 Å². The summed E-state index contributed by atoms with van der Waals surface area (Å²) in [4.78, 5) is 0. The van der Waals surface area contributed by atoms with E-state index in [2.05, 4.69) is 55.6 Å². The van der Waals surface area contributed by atoms with E-state index in [0.717, 1.165) is 12.8 Å². The maximum absolute atomic E-state index is 4.39. The number of fused-ring (bicyclic) bond motifs is 2. The lowest BCUT2D eigenvalue weighted by Crippen LogP contribution is -2.19. The standard InChI is InChI=1S/C20H16/c1-3-14-7-4-11-17-18-12-6-9-15-8-5-10-16(20(15)18)13(2)19(14)17/h3-4,6-9,11-12H,1-2,5,10H2. The normalized spacial score (nSPS) is 13.4. The third kappa shape index (κ3) is 1.36. The second-order valence-electron chi connectivity index (χ2n) is 5.44. The van der Waals surface area contributed by atoms with E-state index < -0.39 is 0 Å². The van der Waals surface area contributed by atoms with E-state index in [9.17, 15) is 0 Å². The topological polar surface area (TPSA) is 0 Å². The van der Waals surface area contributed by atoms with Crippen molar-refractivity contribution in [3.63, 3.8) is 0 Å². The number of rotatable bonds is 1. The number of benzene rings is 3. The van der Waals surface area contributed by atoms with Crippen molar-refractivity contribution >= 4 is 40.3 Å². The van der Waals surface area contributed by atoms with Gasteiger partial charge in [-0.05, 0) is 56.0 Å². The third-order valence-electron chi connectivity index (χ3n) is 4.43. The summed E-state index contributed by atoms with van der Waals surface area (Å²) in [6.07, 6.45) is 6.48. The van der Waals surface area contributed by atoms with Crippen molar-refractivity contribution in [1.29, 1.82) is 0 Å².